The van der Waals surface area contributed by atoms with Crippen molar-refractivity contribution >= 4 is 33.2 Å². The van der Waals surface area contributed by atoms with E-state index in [1.165, 1.54) is 0 Å². The number of rotatable bonds is 5. The van der Waals surface area contributed by atoms with Gasteiger partial charge in [-0.25, -0.2) is 0 Å². The van der Waals surface area contributed by atoms with Crippen LogP contribution < -0.4 is 10.4 Å². The van der Waals surface area contributed by atoms with Crippen molar-refractivity contribution in [1.29, 1.82) is 0 Å². The van der Waals surface area contributed by atoms with Crippen LogP contribution in [0.15, 0.2) is 33.9 Å². The third-order valence-corrected chi connectivity index (χ3v) is 3.73. The van der Waals surface area contributed by atoms with Gasteiger partial charge in [0.15, 0.2) is 5.78 Å². The van der Waals surface area contributed by atoms with Gasteiger partial charge in [0.05, 0.1) is 18.5 Å². The summed E-state index contributed by atoms with van der Waals surface area (Å²) < 4.78 is 6.08. The lowest BCUT2D eigenvalue weighted by Crippen LogP contribution is -2.34. The number of hydrogen-bond donors (Lipinski definition) is 0. The summed E-state index contributed by atoms with van der Waals surface area (Å²) >= 11 is 0.893. The lowest BCUT2D eigenvalue weighted by Gasteiger charge is -2.05. The van der Waals surface area contributed by atoms with Gasteiger partial charge in [-0.3, -0.25) is 23.7 Å². The van der Waals surface area contributed by atoms with E-state index in [0.717, 1.165) is 15.9 Å². The van der Waals surface area contributed by atoms with Crippen molar-refractivity contribution in [1.82, 2.24) is 4.57 Å². The second kappa shape index (κ2) is 6.45. The van der Waals surface area contributed by atoms with E-state index in [1.54, 1.807) is 31.2 Å². The number of ketones is 1. The van der Waals surface area contributed by atoms with Crippen LogP contribution in [-0.4, -0.2) is 22.9 Å². The van der Waals surface area contributed by atoms with Crippen LogP contribution in [0.3, 0.4) is 0 Å². The maximum Gasteiger partial charge on any atom is 0.313 e. The summed E-state index contributed by atoms with van der Waals surface area (Å²) in [6.07, 6.45) is -0.447. The number of carbonyl (C=O) groups excluding carboxylic acids is 2. The molecule has 6 nitrogen and oxygen atoms in total. The first-order valence-electron chi connectivity index (χ1n) is 6.33. The molecule has 0 radical (unpaired) electrons. The number of benzene rings is 1. The maximum atomic E-state index is 12.2. The Morgan fingerprint density at radius 2 is 1.95 bits per heavy atom. The smallest absolute Gasteiger partial charge is 0.313 e. The molecule has 1 aromatic heterocycles. The molecular formula is C14H13NO5S. The minimum atomic E-state index is -0.660. The van der Waals surface area contributed by atoms with Crippen molar-refractivity contribution in [3.63, 3.8) is 0 Å². The first kappa shape index (κ1) is 15.1. The number of aromatic nitrogens is 1. The van der Waals surface area contributed by atoms with Gasteiger partial charge in [0.2, 0.25) is 0 Å². The zero-order valence-corrected chi connectivity index (χ0v) is 12.1. The highest BCUT2D eigenvalue weighted by Gasteiger charge is 2.15. The molecule has 2 rings (SSSR count). The highest BCUT2D eigenvalue weighted by Crippen LogP contribution is 2.10. The van der Waals surface area contributed by atoms with E-state index >= 15 is 0 Å². The zero-order chi connectivity index (χ0) is 15.4. The van der Waals surface area contributed by atoms with Gasteiger partial charge in [0.25, 0.3) is 5.56 Å². The molecule has 7 heteroatoms. The molecule has 0 bridgehead atoms. The molecule has 0 saturated heterocycles. The Bertz CT molecular complexity index is 805. The SMILES string of the molecule is CCOC(=O)CC(=O)Cn1c(=O)sc2ccccc2c1=O. The van der Waals surface area contributed by atoms with Crippen molar-refractivity contribution in [2.24, 2.45) is 0 Å². The van der Waals surface area contributed by atoms with Crippen LogP contribution in [0, 0.1) is 0 Å². The first-order valence-corrected chi connectivity index (χ1v) is 7.14. The van der Waals surface area contributed by atoms with Crippen LogP contribution in [0.1, 0.15) is 13.3 Å². The van der Waals surface area contributed by atoms with E-state index in [1.807, 2.05) is 0 Å². The second-order valence-corrected chi connectivity index (χ2v) is 5.27. The van der Waals surface area contributed by atoms with Gasteiger partial charge >= 0.3 is 10.8 Å². The minimum absolute atomic E-state index is 0.177. The number of Topliss-reactive ketones (excluding diaryl/α,β-unsaturated/α-hetero) is 1. The van der Waals surface area contributed by atoms with E-state index in [-0.39, 0.29) is 6.61 Å². The molecule has 0 fully saturated rings. The highest BCUT2D eigenvalue weighted by molar-refractivity contribution is 7.16. The summed E-state index contributed by atoms with van der Waals surface area (Å²) in [4.78, 5) is 46.6. The van der Waals surface area contributed by atoms with Gasteiger partial charge < -0.3 is 4.74 Å². The fraction of sp³-hybridized carbons (Fsp3) is 0.286. The van der Waals surface area contributed by atoms with Gasteiger partial charge in [-0.2, -0.15) is 0 Å². The van der Waals surface area contributed by atoms with Crippen LogP contribution in [0.5, 0.6) is 0 Å². The number of fused-ring (bicyclic) bond motifs is 1. The van der Waals surface area contributed by atoms with Crippen molar-refractivity contribution in [2.75, 3.05) is 6.61 Å². The number of nitrogens with zero attached hydrogens (tertiary/aromatic N) is 1. The molecule has 0 aliphatic rings. The summed E-state index contributed by atoms with van der Waals surface area (Å²) in [7, 11) is 0. The van der Waals surface area contributed by atoms with E-state index in [0.29, 0.717) is 10.1 Å². The Labute approximate surface area is 123 Å². The highest BCUT2D eigenvalue weighted by atomic mass is 32.1. The van der Waals surface area contributed by atoms with Gasteiger partial charge in [-0.05, 0) is 19.1 Å². The zero-order valence-electron chi connectivity index (χ0n) is 11.3. The molecule has 0 saturated carbocycles. The predicted octanol–water partition coefficient (Wildman–Crippen LogP) is 0.946. The van der Waals surface area contributed by atoms with E-state index in [9.17, 15) is 19.2 Å². The summed E-state index contributed by atoms with van der Waals surface area (Å²) in [6, 6.07) is 6.69. The molecule has 0 aliphatic carbocycles. The molecule has 0 amide bonds. The Balaban J connectivity index is 2.31. The van der Waals surface area contributed by atoms with Crippen LogP contribution >= 0.6 is 11.3 Å². The van der Waals surface area contributed by atoms with Crippen LogP contribution in [0.4, 0.5) is 0 Å². The monoisotopic (exact) mass is 307 g/mol. The van der Waals surface area contributed by atoms with Crippen LogP contribution in [-0.2, 0) is 20.9 Å². The number of esters is 1. The van der Waals surface area contributed by atoms with E-state index < -0.39 is 35.2 Å². The largest absolute Gasteiger partial charge is 0.466 e. The van der Waals surface area contributed by atoms with Crippen molar-refractivity contribution in [3.05, 3.63) is 44.3 Å². The molecule has 2 aromatic rings. The van der Waals surface area contributed by atoms with Crippen molar-refractivity contribution in [3.8, 4) is 0 Å². The number of hydrogen-bond acceptors (Lipinski definition) is 6. The third-order valence-electron chi connectivity index (χ3n) is 2.76. The van der Waals surface area contributed by atoms with E-state index in [4.69, 9.17) is 0 Å². The number of ether oxygens (including phenoxy) is 1. The molecule has 0 aliphatic heterocycles. The average molecular weight is 307 g/mol. The predicted molar refractivity (Wildman–Crippen MR) is 78.6 cm³/mol. The summed E-state index contributed by atoms with van der Waals surface area (Å²) in [5.74, 6) is -1.19. The van der Waals surface area contributed by atoms with Gasteiger partial charge in [-0.1, -0.05) is 23.5 Å². The fourth-order valence-corrected chi connectivity index (χ4v) is 2.71. The van der Waals surface area contributed by atoms with Crippen LogP contribution in [0.2, 0.25) is 0 Å². The fourth-order valence-electron chi connectivity index (χ4n) is 1.85. The van der Waals surface area contributed by atoms with Crippen LogP contribution in [0.25, 0.3) is 10.1 Å². The molecule has 0 N–H and O–H groups in total. The Morgan fingerprint density at radius 3 is 2.67 bits per heavy atom. The summed E-state index contributed by atoms with van der Waals surface area (Å²) in [5, 5.41) is 0.381. The molecule has 0 unspecified atom stereocenters. The van der Waals surface area contributed by atoms with Gasteiger partial charge in [-0.15, -0.1) is 0 Å². The van der Waals surface area contributed by atoms with Crippen molar-refractivity contribution < 1.29 is 14.3 Å². The maximum absolute atomic E-state index is 12.2. The lowest BCUT2D eigenvalue weighted by atomic mass is 10.2. The normalized spacial score (nSPS) is 10.5. The number of carbonyl (C=O) groups is 2. The lowest BCUT2D eigenvalue weighted by molar-refractivity contribution is -0.145. The molecule has 0 spiro atoms. The molecule has 1 heterocycles. The van der Waals surface area contributed by atoms with E-state index in [2.05, 4.69) is 4.74 Å². The Hall–Kier alpha value is -2.28. The summed E-state index contributed by atoms with van der Waals surface area (Å²) in [6.45, 7) is 1.39. The van der Waals surface area contributed by atoms with Gasteiger partial charge in [0, 0.05) is 4.70 Å². The molecular weight excluding hydrogens is 294 g/mol. The summed E-state index contributed by atoms with van der Waals surface area (Å²) in [5.41, 5.74) is -0.522. The third kappa shape index (κ3) is 3.43. The molecule has 21 heavy (non-hydrogen) atoms. The molecule has 0 atom stereocenters. The average Bonchev–Trinajstić information content (AvgIpc) is 2.43. The Morgan fingerprint density at radius 1 is 1.24 bits per heavy atom. The minimum Gasteiger partial charge on any atom is -0.466 e. The first-order chi connectivity index (χ1) is 10.0. The molecule has 1 aromatic carbocycles. The standard InChI is InChI=1S/C14H13NO5S/c1-2-20-12(17)7-9(16)8-15-13(18)10-5-3-4-6-11(10)21-14(15)19/h3-6H,2,7-8H2,1H3. The topological polar surface area (TPSA) is 82.4 Å². The van der Waals surface area contributed by atoms with Crippen molar-refractivity contribution in [2.45, 2.75) is 19.9 Å². The second-order valence-electron chi connectivity index (χ2n) is 4.28. The van der Waals surface area contributed by atoms with Gasteiger partial charge in [0.1, 0.15) is 6.42 Å². The Kier molecular flexibility index (Phi) is 4.64. The quantitative estimate of drug-likeness (QED) is 0.606. The molecule has 110 valence electrons.